The maximum Gasteiger partial charge on any atom is 0.272 e. The molecule has 5 heteroatoms. The number of carbonyl (C=O) groups excluding carboxylic acids is 1. The highest BCUT2D eigenvalue weighted by atomic mass is 16.1. The Morgan fingerprint density at radius 3 is 2.44 bits per heavy atom. The van der Waals surface area contributed by atoms with E-state index in [2.05, 4.69) is 10.3 Å². The number of hydrogen-bond acceptors (Lipinski definition) is 3. The standard InChI is InChI=1S/C22H23N3O2/c1-13-10-19-20(11-14(13)2)25(22(27)15(3)23-19)12-16-4-6-17(7-5-16)21(26)24-18-8-9-18/h4-7,10-11,18H,8-9,12H2,1-3H3,(H,24,26). The average molecular weight is 361 g/mol. The molecule has 1 aliphatic rings. The molecule has 2 aromatic carbocycles. The van der Waals surface area contributed by atoms with Crippen LogP contribution in [0.15, 0.2) is 41.2 Å². The lowest BCUT2D eigenvalue weighted by atomic mass is 10.1. The molecule has 1 aliphatic carbocycles. The largest absolute Gasteiger partial charge is 0.349 e. The number of hydrogen-bond donors (Lipinski definition) is 1. The van der Waals surface area contributed by atoms with Gasteiger partial charge in [-0.1, -0.05) is 12.1 Å². The number of aromatic nitrogens is 2. The highest BCUT2D eigenvalue weighted by molar-refractivity contribution is 5.94. The van der Waals surface area contributed by atoms with Crippen molar-refractivity contribution in [2.24, 2.45) is 0 Å². The predicted octanol–water partition coefficient (Wildman–Crippen LogP) is 3.26. The fraction of sp³-hybridized carbons (Fsp3) is 0.318. The van der Waals surface area contributed by atoms with Crippen LogP contribution in [0.25, 0.3) is 11.0 Å². The van der Waals surface area contributed by atoms with E-state index >= 15 is 0 Å². The van der Waals surface area contributed by atoms with E-state index in [1.807, 2.05) is 50.2 Å². The fourth-order valence-corrected chi connectivity index (χ4v) is 3.22. The lowest BCUT2D eigenvalue weighted by Gasteiger charge is -2.13. The highest BCUT2D eigenvalue weighted by Gasteiger charge is 2.23. The van der Waals surface area contributed by atoms with Crippen LogP contribution in [0, 0.1) is 20.8 Å². The molecule has 0 bridgehead atoms. The van der Waals surface area contributed by atoms with Gasteiger partial charge in [-0.3, -0.25) is 9.59 Å². The van der Waals surface area contributed by atoms with E-state index in [-0.39, 0.29) is 11.5 Å². The summed E-state index contributed by atoms with van der Waals surface area (Å²) in [5.41, 5.74) is 6.00. The van der Waals surface area contributed by atoms with E-state index in [9.17, 15) is 9.59 Å². The zero-order chi connectivity index (χ0) is 19.1. The van der Waals surface area contributed by atoms with Crippen LogP contribution in [0.5, 0.6) is 0 Å². The van der Waals surface area contributed by atoms with E-state index < -0.39 is 0 Å². The second-order valence-corrected chi connectivity index (χ2v) is 7.46. The summed E-state index contributed by atoms with van der Waals surface area (Å²) in [6.45, 7) is 6.29. The van der Waals surface area contributed by atoms with Crippen molar-refractivity contribution in [1.29, 1.82) is 0 Å². The van der Waals surface area contributed by atoms with Gasteiger partial charge in [0, 0.05) is 11.6 Å². The zero-order valence-electron chi connectivity index (χ0n) is 15.9. The van der Waals surface area contributed by atoms with Crippen LogP contribution < -0.4 is 10.9 Å². The molecule has 0 atom stereocenters. The molecule has 1 N–H and O–H groups in total. The van der Waals surface area contributed by atoms with Gasteiger partial charge in [-0.25, -0.2) is 4.98 Å². The van der Waals surface area contributed by atoms with Gasteiger partial charge in [0.2, 0.25) is 0 Å². The number of benzene rings is 2. The average Bonchev–Trinajstić information content (AvgIpc) is 3.45. The molecular formula is C22H23N3O2. The molecule has 0 spiro atoms. The van der Waals surface area contributed by atoms with Crippen molar-refractivity contribution >= 4 is 16.9 Å². The summed E-state index contributed by atoms with van der Waals surface area (Å²) in [5.74, 6) is -0.0301. The summed E-state index contributed by atoms with van der Waals surface area (Å²) >= 11 is 0. The van der Waals surface area contributed by atoms with E-state index in [0.717, 1.165) is 40.6 Å². The number of nitrogens with one attached hydrogen (secondary N) is 1. The van der Waals surface area contributed by atoms with Crippen molar-refractivity contribution < 1.29 is 4.79 Å². The first-order chi connectivity index (χ1) is 12.9. The van der Waals surface area contributed by atoms with Crippen LogP contribution >= 0.6 is 0 Å². The van der Waals surface area contributed by atoms with Crippen molar-refractivity contribution in [2.75, 3.05) is 0 Å². The number of aryl methyl sites for hydroxylation is 3. The third-order valence-electron chi connectivity index (χ3n) is 5.19. The molecule has 1 saturated carbocycles. The summed E-state index contributed by atoms with van der Waals surface area (Å²) in [4.78, 5) is 29.3. The fourth-order valence-electron chi connectivity index (χ4n) is 3.22. The molecule has 0 radical (unpaired) electrons. The summed E-state index contributed by atoms with van der Waals surface area (Å²) < 4.78 is 1.77. The van der Waals surface area contributed by atoms with Crippen molar-refractivity contribution in [2.45, 2.75) is 46.2 Å². The molecule has 1 fully saturated rings. The smallest absolute Gasteiger partial charge is 0.272 e. The number of amides is 1. The van der Waals surface area contributed by atoms with E-state index in [0.29, 0.717) is 23.8 Å². The maximum atomic E-state index is 12.7. The Kier molecular flexibility index (Phi) is 4.30. The molecule has 27 heavy (non-hydrogen) atoms. The number of rotatable bonds is 4. The van der Waals surface area contributed by atoms with Crippen molar-refractivity contribution in [3.63, 3.8) is 0 Å². The summed E-state index contributed by atoms with van der Waals surface area (Å²) in [6.07, 6.45) is 2.14. The van der Waals surface area contributed by atoms with Gasteiger partial charge in [-0.2, -0.15) is 0 Å². The van der Waals surface area contributed by atoms with Gasteiger partial charge in [0.25, 0.3) is 11.5 Å². The van der Waals surface area contributed by atoms with Gasteiger partial charge < -0.3 is 9.88 Å². The Hall–Kier alpha value is -2.95. The van der Waals surface area contributed by atoms with E-state index in [1.54, 1.807) is 11.5 Å². The molecule has 3 aromatic rings. The quantitative estimate of drug-likeness (QED) is 0.776. The summed E-state index contributed by atoms with van der Waals surface area (Å²) in [7, 11) is 0. The number of carbonyl (C=O) groups is 1. The minimum Gasteiger partial charge on any atom is -0.349 e. The minimum absolute atomic E-state index is 0.0301. The minimum atomic E-state index is -0.0821. The molecule has 1 aromatic heterocycles. The van der Waals surface area contributed by atoms with Crippen LogP contribution in [-0.2, 0) is 6.54 Å². The second-order valence-electron chi connectivity index (χ2n) is 7.46. The Bertz CT molecular complexity index is 1090. The topological polar surface area (TPSA) is 64.0 Å². The van der Waals surface area contributed by atoms with Crippen LogP contribution in [0.2, 0.25) is 0 Å². The highest BCUT2D eigenvalue weighted by Crippen LogP contribution is 2.20. The number of nitrogens with zero attached hydrogens (tertiary/aromatic N) is 2. The van der Waals surface area contributed by atoms with Crippen LogP contribution in [0.3, 0.4) is 0 Å². The molecule has 0 saturated heterocycles. The normalized spacial score (nSPS) is 13.7. The zero-order valence-corrected chi connectivity index (χ0v) is 15.9. The van der Waals surface area contributed by atoms with Gasteiger partial charge in [-0.05, 0) is 74.6 Å². The van der Waals surface area contributed by atoms with Gasteiger partial charge in [0.15, 0.2) is 0 Å². The Balaban J connectivity index is 1.68. The van der Waals surface area contributed by atoms with Crippen LogP contribution in [-0.4, -0.2) is 21.5 Å². The third-order valence-corrected chi connectivity index (χ3v) is 5.19. The van der Waals surface area contributed by atoms with E-state index in [1.165, 1.54) is 0 Å². The Morgan fingerprint density at radius 2 is 1.78 bits per heavy atom. The molecule has 1 heterocycles. The molecule has 5 nitrogen and oxygen atoms in total. The van der Waals surface area contributed by atoms with Gasteiger partial charge in [-0.15, -0.1) is 0 Å². The molecule has 138 valence electrons. The maximum absolute atomic E-state index is 12.7. The Labute approximate surface area is 158 Å². The lowest BCUT2D eigenvalue weighted by Crippen LogP contribution is -2.26. The first-order valence-corrected chi connectivity index (χ1v) is 9.30. The van der Waals surface area contributed by atoms with Crippen molar-refractivity contribution in [3.05, 3.63) is 74.7 Å². The van der Waals surface area contributed by atoms with Crippen LogP contribution in [0.4, 0.5) is 0 Å². The molecule has 0 unspecified atom stereocenters. The molecular weight excluding hydrogens is 338 g/mol. The van der Waals surface area contributed by atoms with Gasteiger partial charge in [0.1, 0.15) is 5.69 Å². The SMILES string of the molecule is Cc1cc2nc(C)c(=O)n(Cc3ccc(C(=O)NC4CC4)cc3)c2cc1C. The third kappa shape index (κ3) is 3.50. The first kappa shape index (κ1) is 17.5. The van der Waals surface area contributed by atoms with Gasteiger partial charge >= 0.3 is 0 Å². The predicted molar refractivity (Wildman–Crippen MR) is 106 cm³/mol. The lowest BCUT2D eigenvalue weighted by molar-refractivity contribution is 0.0951. The van der Waals surface area contributed by atoms with Crippen LogP contribution in [0.1, 0.15) is 45.6 Å². The summed E-state index contributed by atoms with van der Waals surface area (Å²) in [6, 6.07) is 11.9. The second kappa shape index (κ2) is 6.65. The molecule has 4 rings (SSSR count). The monoisotopic (exact) mass is 361 g/mol. The molecule has 0 aliphatic heterocycles. The van der Waals surface area contributed by atoms with E-state index in [4.69, 9.17) is 0 Å². The summed E-state index contributed by atoms with van der Waals surface area (Å²) in [5, 5.41) is 2.99. The van der Waals surface area contributed by atoms with Gasteiger partial charge in [0.05, 0.1) is 17.6 Å². The van der Waals surface area contributed by atoms with Crippen molar-refractivity contribution in [3.8, 4) is 0 Å². The Morgan fingerprint density at radius 1 is 1.11 bits per heavy atom. The number of fused-ring (bicyclic) bond motifs is 1. The van der Waals surface area contributed by atoms with Crippen molar-refractivity contribution in [1.82, 2.24) is 14.9 Å². The first-order valence-electron chi connectivity index (χ1n) is 9.30. The molecule has 1 amide bonds.